The van der Waals surface area contributed by atoms with Crippen LogP contribution in [0.5, 0.6) is 0 Å². The molecule has 0 unspecified atom stereocenters. The van der Waals surface area contributed by atoms with Crippen molar-refractivity contribution in [3.8, 4) is 0 Å². The van der Waals surface area contributed by atoms with E-state index in [0.29, 0.717) is 25.9 Å². The molecular formula is C18H25NO3. The van der Waals surface area contributed by atoms with Crippen LogP contribution in [0.4, 0.5) is 4.79 Å². The van der Waals surface area contributed by atoms with Gasteiger partial charge in [0.05, 0.1) is 5.41 Å². The number of hydrogen-bond donors (Lipinski definition) is 0. The summed E-state index contributed by atoms with van der Waals surface area (Å²) in [5, 5.41) is 0. The van der Waals surface area contributed by atoms with Crippen LogP contribution in [0.15, 0.2) is 24.3 Å². The molecule has 1 aromatic rings. The van der Waals surface area contributed by atoms with Crippen LogP contribution in [0.25, 0.3) is 0 Å². The second-order valence-electron chi connectivity index (χ2n) is 7.11. The summed E-state index contributed by atoms with van der Waals surface area (Å²) in [5.41, 5.74) is 1.22. The van der Waals surface area contributed by atoms with Crippen molar-refractivity contribution in [2.75, 3.05) is 13.1 Å². The summed E-state index contributed by atoms with van der Waals surface area (Å²) in [5.74, 6) is 0. The Kier molecular flexibility index (Phi) is 4.59. The van der Waals surface area contributed by atoms with Gasteiger partial charge < -0.3 is 14.4 Å². The molecule has 0 aromatic heterocycles. The lowest BCUT2D eigenvalue weighted by atomic mass is 9.74. The van der Waals surface area contributed by atoms with Crippen LogP contribution in [0, 0.1) is 6.92 Å². The quantitative estimate of drug-likeness (QED) is 0.786. The number of hydrogen-bond acceptors (Lipinski definition) is 3. The van der Waals surface area contributed by atoms with Crippen molar-refractivity contribution >= 4 is 12.4 Å². The van der Waals surface area contributed by atoms with Crippen LogP contribution >= 0.6 is 0 Å². The fraction of sp³-hybridized carbons (Fsp3) is 0.556. The molecule has 0 N–H and O–H groups in total. The number of aldehydes is 1. The summed E-state index contributed by atoms with van der Waals surface area (Å²) in [4.78, 5) is 25.6. The molecule has 2 rings (SSSR count). The number of benzene rings is 1. The van der Waals surface area contributed by atoms with Crippen molar-refractivity contribution in [1.29, 1.82) is 0 Å². The molecule has 0 bridgehead atoms. The number of carbonyl (C=O) groups excluding carboxylic acids is 2. The largest absolute Gasteiger partial charge is 0.444 e. The van der Waals surface area contributed by atoms with E-state index in [-0.39, 0.29) is 6.09 Å². The monoisotopic (exact) mass is 303 g/mol. The number of aryl methyl sites for hydroxylation is 1. The summed E-state index contributed by atoms with van der Waals surface area (Å²) < 4.78 is 5.40. The number of carbonyl (C=O) groups is 2. The number of ether oxygens (including phenoxy) is 1. The van der Waals surface area contributed by atoms with Gasteiger partial charge in [-0.15, -0.1) is 0 Å². The molecule has 1 aliphatic heterocycles. The van der Waals surface area contributed by atoms with Gasteiger partial charge in [-0.1, -0.05) is 29.8 Å². The summed E-state index contributed by atoms with van der Waals surface area (Å²) in [6, 6.07) is 8.08. The Labute approximate surface area is 132 Å². The first-order valence-electron chi connectivity index (χ1n) is 7.77. The van der Waals surface area contributed by atoms with Crippen molar-refractivity contribution in [2.24, 2.45) is 0 Å². The standard InChI is InChI=1S/C18H25NO3/c1-14-6-5-7-15(12-14)18(13-20)8-10-19(11-9-18)16(21)22-17(2,3)4/h5-7,12-13H,8-11H2,1-4H3. The highest BCUT2D eigenvalue weighted by molar-refractivity contribution is 5.72. The van der Waals surface area contributed by atoms with Crippen molar-refractivity contribution in [1.82, 2.24) is 4.90 Å². The molecule has 0 atom stereocenters. The Hall–Kier alpha value is -1.84. The molecule has 1 aromatic carbocycles. The number of likely N-dealkylation sites (tertiary alicyclic amines) is 1. The van der Waals surface area contributed by atoms with E-state index in [0.717, 1.165) is 17.4 Å². The lowest BCUT2D eigenvalue weighted by Crippen LogP contribution is -2.47. The molecule has 0 aliphatic carbocycles. The van der Waals surface area contributed by atoms with Crippen LogP contribution in [0.1, 0.15) is 44.7 Å². The third-order valence-corrected chi connectivity index (χ3v) is 4.13. The fourth-order valence-corrected chi connectivity index (χ4v) is 2.84. The van der Waals surface area contributed by atoms with Crippen LogP contribution in [-0.4, -0.2) is 36.0 Å². The van der Waals surface area contributed by atoms with E-state index < -0.39 is 11.0 Å². The minimum absolute atomic E-state index is 0.295. The van der Waals surface area contributed by atoms with Crippen LogP contribution in [0.3, 0.4) is 0 Å². The first-order valence-corrected chi connectivity index (χ1v) is 7.77. The highest BCUT2D eigenvalue weighted by atomic mass is 16.6. The Morgan fingerprint density at radius 2 is 1.91 bits per heavy atom. The molecule has 1 fully saturated rings. The third kappa shape index (κ3) is 3.67. The SMILES string of the molecule is Cc1cccc(C2(C=O)CCN(C(=O)OC(C)(C)C)CC2)c1. The van der Waals surface area contributed by atoms with Crippen LogP contribution in [0.2, 0.25) is 0 Å². The Morgan fingerprint density at radius 1 is 1.27 bits per heavy atom. The predicted octanol–water partition coefficient (Wildman–Crippen LogP) is 3.46. The predicted molar refractivity (Wildman–Crippen MR) is 86.0 cm³/mol. The number of rotatable bonds is 2. The van der Waals surface area contributed by atoms with Gasteiger partial charge >= 0.3 is 6.09 Å². The van der Waals surface area contributed by atoms with Gasteiger partial charge in [0.2, 0.25) is 0 Å². The number of piperidine rings is 1. The van der Waals surface area contributed by atoms with Crippen molar-refractivity contribution in [3.63, 3.8) is 0 Å². The second-order valence-corrected chi connectivity index (χ2v) is 7.11. The van der Waals surface area contributed by atoms with Crippen LogP contribution < -0.4 is 0 Å². The van der Waals surface area contributed by atoms with E-state index in [2.05, 4.69) is 6.07 Å². The van der Waals surface area contributed by atoms with Crippen molar-refractivity contribution in [2.45, 2.75) is 51.6 Å². The maximum Gasteiger partial charge on any atom is 0.410 e. The molecule has 1 aliphatic rings. The lowest BCUT2D eigenvalue weighted by molar-refractivity contribution is -0.114. The van der Waals surface area contributed by atoms with Gasteiger partial charge in [0.15, 0.2) is 0 Å². The van der Waals surface area contributed by atoms with E-state index in [1.54, 1.807) is 4.90 Å². The molecule has 4 nitrogen and oxygen atoms in total. The van der Waals surface area contributed by atoms with Gasteiger partial charge in [0.25, 0.3) is 0 Å². The Balaban J connectivity index is 2.09. The average Bonchev–Trinajstić information content (AvgIpc) is 2.45. The van der Waals surface area contributed by atoms with E-state index in [4.69, 9.17) is 4.74 Å². The third-order valence-electron chi connectivity index (χ3n) is 4.13. The van der Waals surface area contributed by atoms with Crippen LogP contribution in [-0.2, 0) is 14.9 Å². The van der Waals surface area contributed by atoms with Crippen molar-refractivity contribution in [3.05, 3.63) is 35.4 Å². The molecule has 0 spiro atoms. The number of amides is 1. The lowest BCUT2D eigenvalue weighted by Gasteiger charge is -2.39. The van der Waals surface area contributed by atoms with Gasteiger partial charge in [-0.3, -0.25) is 0 Å². The first-order chi connectivity index (χ1) is 10.3. The minimum Gasteiger partial charge on any atom is -0.444 e. The van der Waals surface area contributed by atoms with Gasteiger partial charge in [0, 0.05) is 13.1 Å². The Bertz CT molecular complexity index is 552. The van der Waals surface area contributed by atoms with E-state index in [1.807, 2.05) is 45.9 Å². The smallest absolute Gasteiger partial charge is 0.410 e. The summed E-state index contributed by atoms with van der Waals surface area (Å²) in [6.45, 7) is 8.69. The number of nitrogens with zero attached hydrogens (tertiary/aromatic N) is 1. The minimum atomic E-state index is -0.493. The zero-order valence-corrected chi connectivity index (χ0v) is 13.9. The first kappa shape index (κ1) is 16.5. The molecule has 120 valence electrons. The summed E-state index contributed by atoms with van der Waals surface area (Å²) in [6.07, 6.45) is 2.03. The zero-order valence-electron chi connectivity index (χ0n) is 13.9. The molecule has 4 heteroatoms. The van der Waals surface area contributed by atoms with Crippen molar-refractivity contribution < 1.29 is 14.3 Å². The summed E-state index contributed by atoms with van der Waals surface area (Å²) >= 11 is 0. The maximum absolute atomic E-state index is 12.1. The molecule has 1 saturated heterocycles. The Morgan fingerprint density at radius 3 is 2.41 bits per heavy atom. The van der Waals surface area contributed by atoms with Gasteiger partial charge in [-0.05, 0) is 46.1 Å². The topological polar surface area (TPSA) is 46.6 Å². The fourth-order valence-electron chi connectivity index (χ4n) is 2.84. The zero-order chi connectivity index (χ0) is 16.4. The maximum atomic E-state index is 12.1. The molecule has 1 amide bonds. The molecule has 0 saturated carbocycles. The highest BCUT2D eigenvalue weighted by Crippen LogP contribution is 2.34. The van der Waals surface area contributed by atoms with Gasteiger partial charge in [0.1, 0.15) is 11.9 Å². The molecule has 0 radical (unpaired) electrons. The second kappa shape index (κ2) is 6.11. The normalized spacial score (nSPS) is 17.9. The summed E-state index contributed by atoms with van der Waals surface area (Å²) in [7, 11) is 0. The molecule has 22 heavy (non-hydrogen) atoms. The highest BCUT2D eigenvalue weighted by Gasteiger charge is 2.38. The van der Waals surface area contributed by atoms with E-state index in [1.165, 1.54) is 0 Å². The van der Waals surface area contributed by atoms with Gasteiger partial charge in [-0.2, -0.15) is 0 Å². The molecule has 1 heterocycles. The average molecular weight is 303 g/mol. The van der Waals surface area contributed by atoms with E-state index in [9.17, 15) is 9.59 Å². The molecular weight excluding hydrogens is 278 g/mol. The van der Waals surface area contributed by atoms with Gasteiger partial charge in [-0.25, -0.2) is 4.79 Å². The van der Waals surface area contributed by atoms with E-state index >= 15 is 0 Å².